The predicted octanol–water partition coefficient (Wildman–Crippen LogP) is 1.86. The molecule has 0 aliphatic carbocycles. The van der Waals surface area contributed by atoms with Gasteiger partial charge in [0, 0.05) is 5.25 Å². The standard InChI is InChI=1S/C20H34O4S.Na/c1-4-6-8-11-18-12-10-14-20(19(18)13-9-7-5-2)24-16-15-17(3)25(21,22)23;/h10,12,14,17H,4-9,11,13,15-16H2,1-3H3,(H,21,22,23);/q;+1/p-1. The van der Waals surface area contributed by atoms with Crippen molar-refractivity contribution in [3.05, 3.63) is 29.3 Å². The maximum Gasteiger partial charge on any atom is 1.00 e. The van der Waals surface area contributed by atoms with Crippen LogP contribution in [0.1, 0.15) is 76.8 Å². The molecule has 4 nitrogen and oxygen atoms in total. The van der Waals surface area contributed by atoms with Gasteiger partial charge in [-0.25, -0.2) is 8.42 Å². The third kappa shape index (κ3) is 9.75. The van der Waals surface area contributed by atoms with Gasteiger partial charge in [0.1, 0.15) is 5.75 Å². The molecular formula is C20H33NaO4S. The Bertz CT molecular complexity index is 602. The molecule has 0 saturated heterocycles. The maximum atomic E-state index is 11.0. The SMILES string of the molecule is CCCCCc1cccc(OCCC(C)S(=O)(=O)[O-])c1CCCCC.[Na+]. The summed E-state index contributed by atoms with van der Waals surface area (Å²) in [6.45, 7) is 6.08. The summed E-state index contributed by atoms with van der Waals surface area (Å²) in [7, 11) is -4.24. The van der Waals surface area contributed by atoms with Crippen LogP contribution >= 0.6 is 0 Å². The van der Waals surface area contributed by atoms with Gasteiger partial charge in [0.15, 0.2) is 0 Å². The van der Waals surface area contributed by atoms with E-state index < -0.39 is 15.4 Å². The molecule has 0 aliphatic rings. The van der Waals surface area contributed by atoms with Crippen LogP contribution in [0, 0.1) is 0 Å². The van der Waals surface area contributed by atoms with Crippen LogP contribution in [-0.2, 0) is 23.0 Å². The fourth-order valence-corrected chi connectivity index (χ4v) is 3.25. The van der Waals surface area contributed by atoms with E-state index in [1.807, 2.05) is 12.1 Å². The third-order valence-electron chi connectivity index (χ3n) is 4.58. The van der Waals surface area contributed by atoms with Crippen LogP contribution in [-0.4, -0.2) is 24.8 Å². The molecule has 0 spiro atoms. The molecule has 0 fully saturated rings. The van der Waals surface area contributed by atoms with E-state index in [0.717, 1.165) is 25.0 Å². The van der Waals surface area contributed by atoms with Crippen molar-refractivity contribution in [2.75, 3.05) is 6.61 Å². The first-order valence-corrected chi connectivity index (χ1v) is 11.1. The first-order chi connectivity index (χ1) is 11.9. The predicted molar refractivity (Wildman–Crippen MR) is 102 cm³/mol. The van der Waals surface area contributed by atoms with Gasteiger partial charge in [-0.3, -0.25) is 0 Å². The zero-order valence-corrected chi connectivity index (χ0v) is 19.7. The zero-order chi connectivity index (χ0) is 18.7. The Morgan fingerprint density at radius 1 is 1.04 bits per heavy atom. The van der Waals surface area contributed by atoms with Crippen molar-refractivity contribution < 1.29 is 47.3 Å². The maximum absolute atomic E-state index is 11.0. The molecular weight excluding hydrogens is 359 g/mol. The van der Waals surface area contributed by atoms with Crippen molar-refractivity contribution in [3.63, 3.8) is 0 Å². The first-order valence-electron chi connectivity index (χ1n) is 9.58. The normalized spacial score (nSPS) is 12.5. The molecule has 26 heavy (non-hydrogen) atoms. The number of ether oxygens (including phenoxy) is 1. The van der Waals surface area contributed by atoms with Gasteiger partial charge in [-0.05, 0) is 56.2 Å². The summed E-state index contributed by atoms with van der Waals surface area (Å²) in [6.07, 6.45) is 9.34. The van der Waals surface area contributed by atoms with E-state index in [0.29, 0.717) is 0 Å². The summed E-state index contributed by atoms with van der Waals surface area (Å²) >= 11 is 0. The molecule has 1 aromatic rings. The summed E-state index contributed by atoms with van der Waals surface area (Å²) in [5.41, 5.74) is 2.59. The average Bonchev–Trinajstić information content (AvgIpc) is 2.56. The smallest absolute Gasteiger partial charge is 0.748 e. The van der Waals surface area contributed by atoms with Crippen molar-refractivity contribution in [2.24, 2.45) is 0 Å². The molecule has 0 amide bonds. The van der Waals surface area contributed by atoms with Crippen LogP contribution < -0.4 is 34.3 Å². The zero-order valence-electron chi connectivity index (χ0n) is 16.9. The van der Waals surface area contributed by atoms with Gasteiger partial charge < -0.3 is 9.29 Å². The number of rotatable bonds is 13. The van der Waals surface area contributed by atoms with E-state index in [-0.39, 0.29) is 42.6 Å². The Kier molecular flexibility index (Phi) is 14.0. The summed E-state index contributed by atoms with van der Waals surface area (Å²) in [5.74, 6) is 0.848. The number of benzene rings is 1. The molecule has 1 rings (SSSR count). The minimum atomic E-state index is -4.24. The second-order valence-corrected chi connectivity index (χ2v) is 8.54. The Hall–Kier alpha value is -0.0700. The van der Waals surface area contributed by atoms with Crippen LogP contribution in [0.3, 0.4) is 0 Å². The minimum Gasteiger partial charge on any atom is -0.748 e. The van der Waals surface area contributed by atoms with E-state index in [1.165, 1.54) is 50.2 Å². The average molecular weight is 393 g/mol. The van der Waals surface area contributed by atoms with Gasteiger partial charge in [-0.1, -0.05) is 51.7 Å². The van der Waals surface area contributed by atoms with Crippen LogP contribution in [0.5, 0.6) is 5.75 Å². The first kappa shape index (κ1) is 25.9. The van der Waals surface area contributed by atoms with Crippen LogP contribution in [0.4, 0.5) is 0 Å². The molecule has 0 aliphatic heterocycles. The largest absolute Gasteiger partial charge is 1.00 e. The molecule has 1 atom stereocenters. The second kappa shape index (κ2) is 14.0. The number of unbranched alkanes of at least 4 members (excludes halogenated alkanes) is 4. The fraction of sp³-hybridized carbons (Fsp3) is 0.700. The molecule has 0 bridgehead atoms. The summed E-state index contributed by atoms with van der Waals surface area (Å²) in [6, 6.07) is 6.14. The van der Waals surface area contributed by atoms with Crippen LogP contribution in [0.2, 0.25) is 0 Å². The quantitative estimate of drug-likeness (QED) is 0.292. The number of aryl methyl sites for hydroxylation is 1. The third-order valence-corrected chi connectivity index (χ3v) is 5.81. The van der Waals surface area contributed by atoms with E-state index in [1.54, 1.807) is 0 Å². The van der Waals surface area contributed by atoms with Gasteiger partial charge >= 0.3 is 29.6 Å². The fourth-order valence-electron chi connectivity index (χ4n) is 2.86. The van der Waals surface area contributed by atoms with Crippen molar-refractivity contribution in [1.82, 2.24) is 0 Å². The summed E-state index contributed by atoms with van der Waals surface area (Å²) < 4.78 is 38.9. The molecule has 1 unspecified atom stereocenters. The van der Waals surface area contributed by atoms with Gasteiger partial charge in [-0.15, -0.1) is 0 Å². The van der Waals surface area contributed by atoms with Crippen molar-refractivity contribution in [1.29, 1.82) is 0 Å². The van der Waals surface area contributed by atoms with Crippen LogP contribution in [0.15, 0.2) is 18.2 Å². The molecule has 0 saturated carbocycles. The van der Waals surface area contributed by atoms with Crippen molar-refractivity contribution in [3.8, 4) is 5.75 Å². The van der Waals surface area contributed by atoms with Gasteiger partial charge in [0.2, 0.25) is 0 Å². The Balaban J connectivity index is 0.00000625. The van der Waals surface area contributed by atoms with E-state index >= 15 is 0 Å². The molecule has 0 heterocycles. The minimum absolute atomic E-state index is 0. The monoisotopic (exact) mass is 392 g/mol. The van der Waals surface area contributed by atoms with Crippen molar-refractivity contribution in [2.45, 2.75) is 83.8 Å². The van der Waals surface area contributed by atoms with Crippen LogP contribution in [0.25, 0.3) is 0 Å². The molecule has 1 aromatic carbocycles. The number of hydrogen-bond acceptors (Lipinski definition) is 4. The molecule has 0 radical (unpaired) electrons. The van der Waals surface area contributed by atoms with E-state index in [9.17, 15) is 13.0 Å². The number of hydrogen-bond donors (Lipinski definition) is 0. The van der Waals surface area contributed by atoms with Gasteiger partial charge in [0.25, 0.3) is 0 Å². The topological polar surface area (TPSA) is 66.4 Å². The van der Waals surface area contributed by atoms with Crippen molar-refractivity contribution >= 4 is 10.1 Å². The van der Waals surface area contributed by atoms with Gasteiger partial charge in [0.05, 0.1) is 16.7 Å². The Morgan fingerprint density at radius 3 is 2.23 bits per heavy atom. The summed E-state index contributed by atoms with van der Waals surface area (Å²) in [5, 5.41) is -0.913. The Morgan fingerprint density at radius 2 is 1.65 bits per heavy atom. The summed E-state index contributed by atoms with van der Waals surface area (Å²) in [4.78, 5) is 0. The van der Waals surface area contributed by atoms with E-state index in [2.05, 4.69) is 19.9 Å². The Labute approximate surface area is 182 Å². The molecule has 6 heteroatoms. The second-order valence-electron chi connectivity index (χ2n) is 6.75. The molecule has 144 valence electrons. The molecule has 0 N–H and O–H groups in total. The van der Waals surface area contributed by atoms with Gasteiger partial charge in [-0.2, -0.15) is 0 Å². The molecule has 0 aromatic heterocycles. The van der Waals surface area contributed by atoms with E-state index in [4.69, 9.17) is 4.74 Å².